The number of carbonyl (C=O) groups excluding carboxylic acids is 1. The van der Waals surface area contributed by atoms with Crippen LogP contribution < -0.4 is 15.6 Å². The van der Waals surface area contributed by atoms with Gasteiger partial charge in [-0.25, -0.2) is 4.98 Å². The van der Waals surface area contributed by atoms with Crippen molar-refractivity contribution in [2.24, 2.45) is 0 Å². The SMILES string of the molecule is Cc1sc2ncn(CC(=O)Nc3ccccc3OC(F)F)c(=O)c2c1-c1ccccc1. The molecule has 2 aromatic carbocycles. The normalized spacial score (nSPS) is 11.1. The van der Waals surface area contributed by atoms with Crippen LogP contribution in [0.4, 0.5) is 14.5 Å². The van der Waals surface area contributed by atoms with Gasteiger partial charge < -0.3 is 10.1 Å². The summed E-state index contributed by atoms with van der Waals surface area (Å²) in [5, 5.41) is 2.96. The van der Waals surface area contributed by atoms with E-state index in [-0.39, 0.29) is 23.5 Å². The molecule has 0 unspecified atom stereocenters. The van der Waals surface area contributed by atoms with Gasteiger partial charge in [-0.2, -0.15) is 8.78 Å². The number of nitrogens with one attached hydrogen (secondary N) is 1. The third-order valence-corrected chi connectivity index (χ3v) is 5.62. The Balaban J connectivity index is 1.65. The fraction of sp³-hybridized carbons (Fsp3) is 0.136. The van der Waals surface area contributed by atoms with Gasteiger partial charge in [0.2, 0.25) is 5.91 Å². The highest BCUT2D eigenvalue weighted by molar-refractivity contribution is 7.19. The molecule has 0 spiro atoms. The highest BCUT2D eigenvalue weighted by Crippen LogP contribution is 2.35. The zero-order valence-corrected chi connectivity index (χ0v) is 17.2. The highest BCUT2D eigenvalue weighted by atomic mass is 32.1. The molecule has 0 saturated carbocycles. The molecule has 2 aromatic heterocycles. The maximum absolute atomic E-state index is 13.2. The van der Waals surface area contributed by atoms with Gasteiger partial charge in [0.1, 0.15) is 17.1 Å². The van der Waals surface area contributed by atoms with Crippen LogP contribution in [0, 0.1) is 6.92 Å². The number of fused-ring (bicyclic) bond motifs is 1. The van der Waals surface area contributed by atoms with Crippen LogP contribution in [0.25, 0.3) is 21.3 Å². The minimum atomic E-state index is -3.02. The second-order valence-corrected chi connectivity index (χ2v) is 7.88. The molecule has 0 saturated heterocycles. The van der Waals surface area contributed by atoms with Crippen LogP contribution in [0.15, 0.2) is 65.7 Å². The lowest BCUT2D eigenvalue weighted by molar-refractivity contribution is -0.116. The second kappa shape index (κ2) is 8.65. The Kier molecular flexibility index (Phi) is 5.77. The number of alkyl halides is 2. The quantitative estimate of drug-likeness (QED) is 0.472. The minimum Gasteiger partial charge on any atom is -0.433 e. The number of aromatic nitrogens is 2. The van der Waals surface area contributed by atoms with Crippen LogP contribution >= 0.6 is 11.3 Å². The zero-order chi connectivity index (χ0) is 22.0. The van der Waals surface area contributed by atoms with E-state index in [2.05, 4.69) is 15.0 Å². The summed E-state index contributed by atoms with van der Waals surface area (Å²) in [6, 6.07) is 15.4. The summed E-state index contributed by atoms with van der Waals surface area (Å²) in [5.74, 6) is -0.728. The molecule has 6 nitrogen and oxygen atoms in total. The summed E-state index contributed by atoms with van der Waals surface area (Å²) in [6.07, 6.45) is 1.32. The average Bonchev–Trinajstić information content (AvgIpc) is 3.08. The van der Waals surface area contributed by atoms with E-state index in [1.165, 1.54) is 40.4 Å². The highest BCUT2D eigenvalue weighted by Gasteiger charge is 2.18. The Morgan fingerprint density at radius 3 is 2.61 bits per heavy atom. The van der Waals surface area contributed by atoms with E-state index in [1.807, 2.05) is 37.3 Å². The maximum Gasteiger partial charge on any atom is 0.387 e. The first-order valence-corrected chi connectivity index (χ1v) is 10.1. The summed E-state index contributed by atoms with van der Waals surface area (Å²) < 4.78 is 30.8. The summed E-state index contributed by atoms with van der Waals surface area (Å²) in [4.78, 5) is 31.6. The third kappa shape index (κ3) is 4.31. The van der Waals surface area contributed by atoms with Gasteiger partial charge >= 0.3 is 6.61 Å². The van der Waals surface area contributed by atoms with Gasteiger partial charge in [-0.05, 0) is 24.6 Å². The Hall–Kier alpha value is -3.59. The molecule has 0 aliphatic heterocycles. The molecular weight excluding hydrogens is 424 g/mol. The average molecular weight is 441 g/mol. The molecular formula is C22H17F2N3O3S. The van der Waals surface area contributed by atoms with Crippen LogP contribution in [0.2, 0.25) is 0 Å². The summed E-state index contributed by atoms with van der Waals surface area (Å²) >= 11 is 1.41. The Morgan fingerprint density at radius 1 is 1.16 bits per heavy atom. The number of hydrogen-bond acceptors (Lipinski definition) is 5. The molecule has 0 aliphatic carbocycles. The number of thiophene rings is 1. The number of ether oxygens (including phenoxy) is 1. The summed E-state index contributed by atoms with van der Waals surface area (Å²) in [7, 11) is 0. The molecule has 0 fully saturated rings. The lowest BCUT2D eigenvalue weighted by atomic mass is 10.0. The van der Waals surface area contributed by atoms with E-state index in [4.69, 9.17) is 0 Å². The number of hydrogen-bond donors (Lipinski definition) is 1. The number of para-hydroxylation sites is 2. The Morgan fingerprint density at radius 2 is 1.87 bits per heavy atom. The fourth-order valence-electron chi connectivity index (χ4n) is 3.32. The number of amides is 1. The van der Waals surface area contributed by atoms with E-state index in [0.717, 1.165) is 16.0 Å². The molecule has 0 radical (unpaired) electrons. The zero-order valence-electron chi connectivity index (χ0n) is 16.3. The van der Waals surface area contributed by atoms with Crippen molar-refractivity contribution < 1.29 is 18.3 Å². The van der Waals surface area contributed by atoms with Crippen LogP contribution in [0.3, 0.4) is 0 Å². The van der Waals surface area contributed by atoms with Gasteiger partial charge in [-0.3, -0.25) is 14.2 Å². The van der Waals surface area contributed by atoms with Crippen LogP contribution in [-0.4, -0.2) is 22.1 Å². The number of benzene rings is 2. The van der Waals surface area contributed by atoms with E-state index in [0.29, 0.717) is 10.2 Å². The standard InChI is InChI=1S/C22H17F2N3O3S/c1-13-18(14-7-3-2-4-8-14)19-20(31-13)25-12-27(21(19)29)11-17(28)26-15-9-5-6-10-16(15)30-22(23)24/h2-10,12,22H,11H2,1H3,(H,26,28). The number of anilines is 1. The second-order valence-electron chi connectivity index (χ2n) is 6.68. The predicted molar refractivity (Wildman–Crippen MR) is 116 cm³/mol. The van der Waals surface area contributed by atoms with Crippen molar-refractivity contribution in [1.29, 1.82) is 0 Å². The van der Waals surface area contributed by atoms with Crippen LogP contribution in [0.5, 0.6) is 5.75 Å². The number of halogens is 2. The van der Waals surface area contributed by atoms with E-state index >= 15 is 0 Å². The van der Waals surface area contributed by atoms with Gasteiger partial charge in [0.15, 0.2) is 0 Å². The topological polar surface area (TPSA) is 73.2 Å². The maximum atomic E-state index is 13.2. The van der Waals surface area contributed by atoms with Gasteiger partial charge in [0.05, 0.1) is 17.4 Å². The van der Waals surface area contributed by atoms with Gasteiger partial charge in [0.25, 0.3) is 5.56 Å². The molecule has 4 aromatic rings. The van der Waals surface area contributed by atoms with E-state index in [9.17, 15) is 18.4 Å². The van der Waals surface area contributed by atoms with Crippen molar-refractivity contribution >= 4 is 33.1 Å². The van der Waals surface area contributed by atoms with Crippen LogP contribution in [-0.2, 0) is 11.3 Å². The molecule has 9 heteroatoms. The van der Waals surface area contributed by atoms with Gasteiger partial charge in [-0.1, -0.05) is 42.5 Å². The van der Waals surface area contributed by atoms with E-state index < -0.39 is 12.5 Å². The molecule has 4 rings (SSSR count). The molecule has 0 aliphatic rings. The first-order valence-electron chi connectivity index (χ1n) is 9.31. The molecule has 1 amide bonds. The van der Waals surface area contributed by atoms with Crippen molar-refractivity contribution in [3.05, 3.63) is 76.2 Å². The molecule has 31 heavy (non-hydrogen) atoms. The molecule has 2 heterocycles. The molecule has 158 valence electrons. The van der Waals surface area contributed by atoms with Crippen molar-refractivity contribution in [3.8, 4) is 16.9 Å². The van der Waals surface area contributed by atoms with Crippen molar-refractivity contribution in [2.45, 2.75) is 20.1 Å². The fourth-order valence-corrected chi connectivity index (χ4v) is 4.32. The number of aryl methyl sites for hydroxylation is 1. The largest absolute Gasteiger partial charge is 0.433 e. The number of nitrogens with zero attached hydrogens (tertiary/aromatic N) is 2. The molecule has 1 N–H and O–H groups in total. The molecule has 0 atom stereocenters. The lowest BCUT2D eigenvalue weighted by Gasteiger charge is -2.12. The smallest absolute Gasteiger partial charge is 0.387 e. The third-order valence-electron chi connectivity index (χ3n) is 4.61. The first kappa shape index (κ1) is 20.7. The Bertz CT molecular complexity index is 1300. The predicted octanol–water partition coefficient (Wildman–Crippen LogP) is 4.67. The van der Waals surface area contributed by atoms with Gasteiger partial charge in [-0.15, -0.1) is 11.3 Å². The van der Waals surface area contributed by atoms with Crippen molar-refractivity contribution in [2.75, 3.05) is 5.32 Å². The minimum absolute atomic E-state index is 0.0891. The van der Waals surface area contributed by atoms with E-state index in [1.54, 1.807) is 6.07 Å². The van der Waals surface area contributed by atoms with Crippen LogP contribution in [0.1, 0.15) is 4.88 Å². The number of carbonyl (C=O) groups is 1. The molecule has 0 bridgehead atoms. The van der Waals surface area contributed by atoms with Crippen molar-refractivity contribution in [3.63, 3.8) is 0 Å². The van der Waals surface area contributed by atoms with Gasteiger partial charge in [0, 0.05) is 10.4 Å². The van der Waals surface area contributed by atoms with Crippen molar-refractivity contribution in [1.82, 2.24) is 9.55 Å². The summed E-state index contributed by atoms with van der Waals surface area (Å²) in [6.45, 7) is -1.43. The first-order chi connectivity index (χ1) is 14.9. The monoisotopic (exact) mass is 441 g/mol. The lowest BCUT2D eigenvalue weighted by Crippen LogP contribution is -2.28. The number of rotatable bonds is 6. The summed E-state index contributed by atoms with van der Waals surface area (Å²) in [5.41, 5.74) is 1.43. The Labute approximate surface area is 179 Å².